The van der Waals surface area contributed by atoms with Gasteiger partial charge in [0.15, 0.2) is 0 Å². The van der Waals surface area contributed by atoms with Gasteiger partial charge in [-0.05, 0) is 30.5 Å². The zero-order valence-corrected chi connectivity index (χ0v) is 13.1. The van der Waals surface area contributed by atoms with E-state index in [-0.39, 0.29) is 12.1 Å². The van der Waals surface area contributed by atoms with Crippen molar-refractivity contribution in [3.05, 3.63) is 42.5 Å². The highest BCUT2D eigenvalue weighted by molar-refractivity contribution is 5.74. The monoisotopic (exact) mass is 304 g/mol. The third-order valence-electron chi connectivity index (χ3n) is 3.64. The molecule has 1 atom stereocenters. The third-order valence-corrected chi connectivity index (χ3v) is 3.64. The van der Waals surface area contributed by atoms with Crippen LogP contribution in [0.4, 0.5) is 4.79 Å². The molecule has 2 amide bonds. The first kappa shape index (κ1) is 16.4. The number of ether oxygens (including phenoxy) is 2. The van der Waals surface area contributed by atoms with Gasteiger partial charge in [-0.25, -0.2) is 4.79 Å². The summed E-state index contributed by atoms with van der Waals surface area (Å²) in [6, 6.07) is 7.67. The topological polar surface area (TPSA) is 50.8 Å². The maximum atomic E-state index is 12.3. The Labute approximate surface area is 131 Å². The van der Waals surface area contributed by atoms with Crippen molar-refractivity contribution in [3.63, 3.8) is 0 Å². The van der Waals surface area contributed by atoms with Gasteiger partial charge in [-0.15, -0.1) is 6.58 Å². The predicted octanol–water partition coefficient (Wildman–Crippen LogP) is 2.57. The fourth-order valence-corrected chi connectivity index (χ4v) is 2.52. The van der Waals surface area contributed by atoms with Crippen LogP contribution < -0.4 is 10.1 Å². The molecule has 1 fully saturated rings. The summed E-state index contributed by atoms with van der Waals surface area (Å²) in [5.41, 5.74) is 1.03. The van der Waals surface area contributed by atoms with Crippen molar-refractivity contribution in [1.82, 2.24) is 10.2 Å². The molecule has 2 rings (SSSR count). The molecule has 0 bridgehead atoms. The minimum Gasteiger partial charge on any atom is -0.497 e. The molecule has 0 aromatic heterocycles. The second kappa shape index (κ2) is 8.44. The second-order valence-electron chi connectivity index (χ2n) is 5.34. The summed E-state index contributed by atoms with van der Waals surface area (Å²) in [5.74, 6) is 0.793. The van der Waals surface area contributed by atoms with Gasteiger partial charge in [0.2, 0.25) is 0 Å². The number of rotatable bonds is 7. The Kier molecular flexibility index (Phi) is 6.27. The first-order valence-corrected chi connectivity index (χ1v) is 7.61. The van der Waals surface area contributed by atoms with E-state index in [1.807, 2.05) is 24.3 Å². The zero-order valence-electron chi connectivity index (χ0n) is 13.1. The molecule has 0 aliphatic carbocycles. The highest BCUT2D eigenvalue weighted by Crippen LogP contribution is 2.17. The largest absolute Gasteiger partial charge is 0.497 e. The van der Waals surface area contributed by atoms with Gasteiger partial charge in [-0.2, -0.15) is 0 Å². The van der Waals surface area contributed by atoms with Crippen molar-refractivity contribution in [2.75, 3.05) is 26.8 Å². The van der Waals surface area contributed by atoms with Crippen molar-refractivity contribution in [1.29, 1.82) is 0 Å². The van der Waals surface area contributed by atoms with Crippen molar-refractivity contribution in [2.24, 2.45) is 0 Å². The van der Waals surface area contributed by atoms with Gasteiger partial charge in [0.05, 0.1) is 13.2 Å². The summed E-state index contributed by atoms with van der Waals surface area (Å²) >= 11 is 0. The lowest BCUT2D eigenvalue weighted by Crippen LogP contribution is -2.43. The van der Waals surface area contributed by atoms with Crippen LogP contribution in [-0.4, -0.2) is 43.8 Å². The number of amides is 2. The van der Waals surface area contributed by atoms with Crippen LogP contribution >= 0.6 is 0 Å². The molecule has 1 unspecified atom stereocenters. The summed E-state index contributed by atoms with van der Waals surface area (Å²) in [5, 5.41) is 2.84. The van der Waals surface area contributed by atoms with E-state index in [0.29, 0.717) is 19.6 Å². The van der Waals surface area contributed by atoms with E-state index in [1.54, 1.807) is 18.1 Å². The van der Waals surface area contributed by atoms with E-state index in [9.17, 15) is 4.79 Å². The normalized spacial score (nSPS) is 17.0. The smallest absolute Gasteiger partial charge is 0.318 e. The standard InChI is InChI=1S/C17H24N2O3/c1-3-9-18-17(20)19(13-16-8-5-10-22-16)12-14-6-4-7-15(11-14)21-2/h3-4,6-7,11,16H,1,5,8-10,12-13H2,2H3,(H,18,20). The molecule has 120 valence electrons. The van der Waals surface area contributed by atoms with E-state index >= 15 is 0 Å². The molecule has 1 aliphatic heterocycles. The van der Waals surface area contributed by atoms with Crippen LogP contribution in [0, 0.1) is 0 Å². The molecule has 1 N–H and O–H groups in total. The molecular weight excluding hydrogens is 280 g/mol. The molecule has 0 radical (unpaired) electrons. The molecule has 5 heteroatoms. The fourth-order valence-electron chi connectivity index (χ4n) is 2.52. The number of carbonyl (C=O) groups is 1. The van der Waals surface area contributed by atoms with Crippen molar-refractivity contribution in [3.8, 4) is 5.75 Å². The van der Waals surface area contributed by atoms with Crippen molar-refractivity contribution in [2.45, 2.75) is 25.5 Å². The highest BCUT2D eigenvalue weighted by Gasteiger charge is 2.22. The van der Waals surface area contributed by atoms with Crippen LogP contribution in [0.2, 0.25) is 0 Å². The van der Waals surface area contributed by atoms with Crippen LogP contribution in [0.5, 0.6) is 5.75 Å². The van der Waals surface area contributed by atoms with Gasteiger partial charge >= 0.3 is 6.03 Å². The second-order valence-corrected chi connectivity index (χ2v) is 5.34. The van der Waals surface area contributed by atoms with Gasteiger partial charge in [0.1, 0.15) is 5.75 Å². The Hall–Kier alpha value is -2.01. The SMILES string of the molecule is C=CCNC(=O)N(Cc1cccc(OC)c1)CC1CCCO1. The number of hydrogen-bond acceptors (Lipinski definition) is 3. The van der Waals surface area contributed by atoms with E-state index < -0.39 is 0 Å². The van der Waals surface area contributed by atoms with E-state index in [4.69, 9.17) is 9.47 Å². The lowest BCUT2D eigenvalue weighted by atomic mass is 10.2. The first-order chi connectivity index (χ1) is 10.7. The van der Waals surface area contributed by atoms with Gasteiger partial charge in [0, 0.05) is 26.2 Å². The Morgan fingerprint density at radius 3 is 3.14 bits per heavy atom. The maximum absolute atomic E-state index is 12.3. The molecule has 1 aromatic rings. The summed E-state index contributed by atoms with van der Waals surface area (Å²) in [6.07, 6.45) is 3.86. The lowest BCUT2D eigenvalue weighted by molar-refractivity contribution is 0.0796. The molecule has 22 heavy (non-hydrogen) atoms. The third kappa shape index (κ3) is 4.77. The van der Waals surface area contributed by atoms with Crippen molar-refractivity contribution < 1.29 is 14.3 Å². The zero-order chi connectivity index (χ0) is 15.8. The quantitative estimate of drug-likeness (QED) is 0.788. The van der Waals surface area contributed by atoms with Crippen LogP contribution in [-0.2, 0) is 11.3 Å². The van der Waals surface area contributed by atoms with Gasteiger partial charge < -0.3 is 19.7 Å². The molecular formula is C17H24N2O3. The van der Waals surface area contributed by atoms with E-state index in [2.05, 4.69) is 11.9 Å². The average Bonchev–Trinajstić information content (AvgIpc) is 3.05. The summed E-state index contributed by atoms with van der Waals surface area (Å²) in [4.78, 5) is 14.1. The molecule has 1 aromatic carbocycles. The number of benzene rings is 1. The molecule has 0 saturated carbocycles. The first-order valence-electron chi connectivity index (χ1n) is 7.61. The molecule has 0 spiro atoms. The minimum atomic E-state index is -0.0989. The average molecular weight is 304 g/mol. The number of nitrogens with one attached hydrogen (secondary N) is 1. The highest BCUT2D eigenvalue weighted by atomic mass is 16.5. The number of hydrogen-bond donors (Lipinski definition) is 1. The predicted molar refractivity (Wildman–Crippen MR) is 86.0 cm³/mol. The van der Waals surface area contributed by atoms with Crippen LogP contribution in [0.3, 0.4) is 0 Å². The van der Waals surface area contributed by atoms with Crippen LogP contribution in [0.15, 0.2) is 36.9 Å². The summed E-state index contributed by atoms with van der Waals surface area (Å²) < 4.78 is 10.9. The van der Waals surface area contributed by atoms with Gasteiger partial charge in [-0.3, -0.25) is 0 Å². The number of carbonyl (C=O) groups excluding carboxylic acids is 1. The number of methoxy groups -OCH3 is 1. The molecule has 1 saturated heterocycles. The Bertz CT molecular complexity index is 498. The van der Waals surface area contributed by atoms with Gasteiger partial charge in [-0.1, -0.05) is 18.2 Å². The van der Waals surface area contributed by atoms with E-state index in [1.165, 1.54) is 0 Å². The summed E-state index contributed by atoms with van der Waals surface area (Å²) in [7, 11) is 1.64. The lowest BCUT2D eigenvalue weighted by Gasteiger charge is -2.25. The van der Waals surface area contributed by atoms with Crippen molar-refractivity contribution >= 4 is 6.03 Å². The molecule has 1 aliphatic rings. The maximum Gasteiger partial charge on any atom is 0.318 e. The Morgan fingerprint density at radius 2 is 2.45 bits per heavy atom. The molecule has 1 heterocycles. The van der Waals surface area contributed by atoms with Crippen LogP contribution in [0.25, 0.3) is 0 Å². The number of nitrogens with zero attached hydrogens (tertiary/aromatic N) is 1. The number of urea groups is 1. The Morgan fingerprint density at radius 1 is 1.59 bits per heavy atom. The minimum absolute atomic E-state index is 0.0989. The molecule has 5 nitrogen and oxygen atoms in total. The van der Waals surface area contributed by atoms with Gasteiger partial charge in [0.25, 0.3) is 0 Å². The Balaban J connectivity index is 2.04. The van der Waals surface area contributed by atoms with E-state index in [0.717, 1.165) is 30.8 Å². The fraction of sp³-hybridized carbons (Fsp3) is 0.471. The van der Waals surface area contributed by atoms with Crippen LogP contribution in [0.1, 0.15) is 18.4 Å². The summed E-state index contributed by atoms with van der Waals surface area (Å²) in [6.45, 7) is 5.99.